The molecule has 3 rings (SSSR count). The molecule has 3 atom stereocenters. The SMILES string of the molecule is CC(NC(=O)C1CCCCC1N)c1cc2ccccc2o1. The number of benzene rings is 1. The van der Waals surface area contributed by atoms with Crippen molar-refractivity contribution in [2.24, 2.45) is 11.7 Å². The first-order chi connectivity index (χ1) is 10.1. The Kier molecular flexibility index (Phi) is 3.97. The van der Waals surface area contributed by atoms with Crippen molar-refractivity contribution >= 4 is 16.9 Å². The number of amides is 1. The first-order valence-corrected chi connectivity index (χ1v) is 7.69. The lowest BCUT2D eigenvalue weighted by atomic mass is 9.84. The van der Waals surface area contributed by atoms with E-state index in [1.807, 2.05) is 37.3 Å². The molecular weight excluding hydrogens is 264 g/mol. The van der Waals surface area contributed by atoms with Gasteiger partial charge in [-0.1, -0.05) is 31.0 Å². The maximum atomic E-state index is 12.4. The number of nitrogens with two attached hydrogens (primary N) is 1. The van der Waals surface area contributed by atoms with Gasteiger partial charge in [0.15, 0.2) is 0 Å². The molecule has 3 unspecified atom stereocenters. The molecule has 4 heteroatoms. The third-order valence-corrected chi connectivity index (χ3v) is 4.39. The van der Waals surface area contributed by atoms with Crippen LogP contribution in [-0.4, -0.2) is 11.9 Å². The van der Waals surface area contributed by atoms with Gasteiger partial charge in [-0.3, -0.25) is 4.79 Å². The van der Waals surface area contributed by atoms with Crippen LogP contribution < -0.4 is 11.1 Å². The summed E-state index contributed by atoms with van der Waals surface area (Å²) in [6.07, 6.45) is 4.05. The highest BCUT2D eigenvalue weighted by molar-refractivity contribution is 5.81. The van der Waals surface area contributed by atoms with Crippen LogP contribution in [0, 0.1) is 5.92 Å². The van der Waals surface area contributed by atoms with Gasteiger partial charge in [0.2, 0.25) is 5.91 Å². The fourth-order valence-electron chi connectivity index (χ4n) is 3.09. The molecule has 0 bridgehead atoms. The average Bonchev–Trinajstić information content (AvgIpc) is 2.91. The number of carbonyl (C=O) groups is 1. The van der Waals surface area contributed by atoms with Gasteiger partial charge in [0.1, 0.15) is 11.3 Å². The number of hydrogen-bond donors (Lipinski definition) is 2. The molecular formula is C17H22N2O2. The van der Waals surface area contributed by atoms with Crippen molar-refractivity contribution in [2.45, 2.75) is 44.7 Å². The van der Waals surface area contributed by atoms with Gasteiger partial charge in [-0.2, -0.15) is 0 Å². The molecule has 1 aromatic heterocycles. The second kappa shape index (κ2) is 5.90. The van der Waals surface area contributed by atoms with E-state index in [1.54, 1.807) is 0 Å². The van der Waals surface area contributed by atoms with E-state index < -0.39 is 0 Å². The second-order valence-electron chi connectivity index (χ2n) is 5.97. The first-order valence-electron chi connectivity index (χ1n) is 7.69. The Balaban J connectivity index is 1.70. The molecule has 3 N–H and O–H groups in total. The topological polar surface area (TPSA) is 68.3 Å². The standard InChI is InChI=1S/C17H22N2O2/c1-11(16-10-12-6-2-5-9-15(12)21-16)19-17(20)13-7-3-4-8-14(13)18/h2,5-6,9-11,13-14H,3-4,7-8,18H2,1H3,(H,19,20). The number of rotatable bonds is 3. The van der Waals surface area contributed by atoms with Crippen LogP contribution in [0.4, 0.5) is 0 Å². The highest BCUT2D eigenvalue weighted by atomic mass is 16.3. The summed E-state index contributed by atoms with van der Waals surface area (Å²) in [5, 5.41) is 4.10. The Morgan fingerprint density at radius 1 is 1.33 bits per heavy atom. The van der Waals surface area contributed by atoms with Crippen LogP contribution in [-0.2, 0) is 4.79 Å². The van der Waals surface area contributed by atoms with Gasteiger partial charge in [-0.25, -0.2) is 0 Å². The summed E-state index contributed by atoms with van der Waals surface area (Å²) in [5.74, 6) is 0.773. The van der Waals surface area contributed by atoms with Crippen molar-refractivity contribution in [3.05, 3.63) is 36.1 Å². The van der Waals surface area contributed by atoms with Crippen molar-refractivity contribution in [3.63, 3.8) is 0 Å². The minimum atomic E-state index is -0.140. The van der Waals surface area contributed by atoms with Crippen LogP contribution in [0.2, 0.25) is 0 Å². The molecule has 112 valence electrons. The fourth-order valence-corrected chi connectivity index (χ4v) is 3.09. The van der Waals surface area contributed by atoms with E-state index >= 15 is 0 Å². The van der Waals surface area contributed by atoms with Gasteiger partial charge in [-0.05, 0) is 31.9 Å². The Morgan fingerprint density at radius 3 is 2.86 bits per heavy atom. The van der Waals surface area contributed by atoms with Gasteiger partial charge in [0.05, 0.1) is 12.0 Å². The summed E-state index contributed by atoms with van der Waals surface area (Å²) >= 11 is 0. The number of hydrogen-bond acceptors (Lipinski definition) is 3. The van der Waals surface area contributed by atoms with E-state index in [2.05, 4.69) is 5.32 Å². The van der Waals surface area contributed by atoms with Gasteiger partial charge >= 0.3 is 0 Å². The molecule has 0 aliphatic heterocycles. The van der Waals surface area contributed by atoms with Crippen LogP contribution in [0.3, 0.4) is 0 Å². The molecule has 2 aromatic rings. The van der Waals surface area contributed by atoms with Gasteiger partial charge < -0.3 is 15.5 Å². The van der Waals surface area contributed by atoms with E-state index in [4.69, 9.17) is 10.2 Å². The minimum Gasteiger partial charge on any atom is -0.459 e. The third-order valence-electron chi connectivity index (χ3n) is 4.39. The monoisotopic (exact) mass is 286 g/mol. The molecule has 1 saturated carbocycles. The summed E-state index contributed by atoms with van der Waals surface area (Å²) in [6.45, 7) is 1.95. The molecule has 0 spiro atoms. The van der Waals surface area contributed by atoms with Crippen molar-refractivity contribution in [1.29, 1.82) is 0 Å². The molecule has 1 fully saturated rings. The molecule has 1 aromatic carbocycles. The number of para-hydroxylation sites is 1. The zero-order valence-corrected chi connectivity index (χ0v) is 12.3. The van der Waals surface area contributed by atoms with Crippen molar-refractivity contribution in [1.82, 2.24) is 5.32 Å². The van der Waals surface area contributed by atoms with Crippen LogP contribution in [0.15, 0.2) is 34.7 Å². The zero-order chi connectivity index (χ0) is 14.8. The number of nitrogens with one attached hydrogen (secondary N) is 1. The molecule has 1 aliphatic carbocycles. The summed E-state index contributed by atoms with van der Waals surface area (Å²) in [5.41, 5.74) is 6.92. The predicted molar refractivity (Wildman–Crippen MR) is 82.7 cm³/mol. The quantitative estimate of drug-likeness (QED) is 0.911. The van der Waals surface area contributed by atoms with Crippen molar-refractivity contribution in [2.75, 3.05) is 0 Å². The Labute approximate surface area is 124 Å². The third kappa shape index (κ3) is 2.95. The Hall–Kier alpha value is -1.81. The van der Waals surface area contributed by atoms with Gasteiger partial charge in [0.25, 0.3) is 0 Å². The van der Waals surface area contributed by atoms with Crippen LogP contribution in [0.1, 0.15) is 44.4 Å². The highest BCUT2D eigenvalue weighted by Crippen LogP contribution is 2.26. The Morgan fingerprint density at radius 2 is 2.10 bits per heavy atom. The Bertz CT molecular complexity index is 602. The lowest BCUT2D eigenvalue weighted by Gasteiger charge is -2.28. The molecule has 1 heterocycles. The molecule has 1 aliphatic rings. The largest absolute Gasteiger partial charge is 0.459 e. The zero-order valence-electron chi connectivity index (χ0n) is 12.3. The molecule has 0 saturated heterocycles. The maximum Gasteiger partial charge on any atom is 0.225 e. The van der Waals surface area contributed by atoms with Crippen LogP contribution >= 0.6 is 0 Å². The molecule has 0 radical (unpaired) electrons. The van der Waals surface area contributed by atoms with E-state index in [0.29, 0.717) is 0 Å². The number of furan rings is 1. The smallest absolute Gasteiger partial charge is 0.225 e. The van der Waals surface area contributed by atoms with E-state index in [0.717, 1.165) is 42.4 Å². The fraction of sp³-hybridized carbons (Fsp3) is 0.471. The molecule has 4 nitrogen and oxygen atoms in total. The summed E-state index contributed by atoms with van der Waals surface area (Å²) in [7, 11) is 0. The van der Waals surface area contributed by atoms with E-state index in [-0.39, 0.29) is 23.9 Å². The van der Waals surface area contributed by atoms with Crippen LogP contribution in [0.5, 0.6) is 0 Å². The number of carbonyl (C=O) groups excluding carboxylic acids is 1. The van der Waals surface area contributed by atoms with Gasteiger partial charge in [-0.15, -0.1) is 0 Å². The van der Waals surface area contributed by atoms with Crippen molar-refractivity contribution < 1.29 is 9.21 Å². The maximum absolute atomic E-state index is 12.4. The first kappa shape index (κ1) is 14.1. The molecule has 21 heavy (non-hydrogen) atoms. The summed E-state index contributed by atoms with van der Waals surface area (Å²) < 4.78 is 5.80. The lowest BCUT2D eigenvalue weighted by Crippen LogP contribution is -2.44. The predicted octanol–water partition coefficient (Wildman–Crippen LogP) is 3.13. The lowest BCUT2D eigenvalue weighted by molar-refractivity contribution is -0.127. The summed E-state index contributed by atoms with van der Waals surface area (Å²) in [4.78, 5) is 12.4. The second-order valence-corrected chi connectivity index (χ2v) is 5.97. The highest BCUT2D eigenvalue weighted by Gasteiger charge is 2.29. The van der Waals surface area contributed by atoms with Crippen LogP contribution in [0.25, 0.3) is 11.0 Å². The molecule has 1 amide bonds. The van der Waals surface area contributed by atoms with Gasteiger partial charge in [0, 0.05) is 11.4 Å². The number of fused-ring (bicyclic) bond motifs is 1. The summed E-state index contributed by atoms with van der Waals surface area (Å²) in [6, 6.07) is 9.70. The van der Waals surface area contributed by atoms with Crippen molar-refractivity contribution in [3.8, 4) is 0 Å². The van der Waals surface area contributed by atoms with E-state index in [1.165, 1.54) is 0 Å². The minimum absolute atomic E-state index is 0.0124. The normalized spacial score (nSPS) is 23.9. The average molecular weight is 286 g/mol. The van der Waals surface area contributed by atoms with E-state index in [9.17, 15) is 4.79 Å².